The first-order chi connectivity index (χ1) is 7.39. The van der Waals surface area contributed by atoms with Gasteiger partial charge in [-0.3, -0.25) is 0 Å². The van der Waals surface area contributed by atoms with Crippen LogP contribution in [0.4, 0.5) is 4.39 Å². The second kappa shape index (κ2) is 5.13. The predicted octanol–water partition coefficient (Wildman–Crippen LogP) is 2.07. The van der Waals surface area contributed by atoms with E-state index in [2.05, 4.69) is 4.74 Å². The number of halogens is 1. The molecule has 1 aliphatic carbocycles. The van der Waals surface area contributed by atoms with Crippen LogP contribution in [-0.4, -0.2) is 29.5 Å². The first-order valence-electron chi connectivity index (χ1n) is 5.92. The van der Waals surface area contributed by atoms with Crippen LogP contribution in [0.25, 0.3) is 0 Å². The van der Waals surface area contributed by atoms with Crippen LogP contribution in [0.2, 0.25) is 0 Å². The Balaban J connectivity index is 2.71. The molecule has 3 nitrogen and oxygen atoms in total. The molecule has 0 aliphatic heterocycles. The molecule has 16 heavy (non-hydrogen) atoms. The summed E-state index contributed by atoms with van der Waals surface area (Å²) < 4.78 is 18.5. The van der Waals surface area contributed by atoms with Crippen molar-refractivity contribution in [2.24, 2.45) is 11.8 Å². The number of alkyl halides is 1. The van der Waals surface area contributed by atoms with E-state index in [1.807, 2.05) is 13.8 Å². The van der Waals surface area contributed by atoms with Crippen molar-refractivity contribution in [2.75, 3.05) is 6.61 Å². The number of hydrogen-bond donors (Lipinski definition) is 1. The topological polar surface area (TPSA) is 46.5 Å². The fourth-order valence-electron chi connectivity index (χ4n) is 2.79. The molecule has 3 atom stereocenters. The fraction of sp³-hybridized carbons (Fsp3) is 0.917. The minimum absolute atomic E-state index is 0.139. The zero-order valence-corrected chi connectivity index (χ0v) is 10.2. The Labute approximate surface area is 96.0 Å². The average Bonchev–Trinajstić information content (AvgIpc) is 2.14. The molecule has 0 radical (unpaired) electrons. The Morgan fingerprint density at radius 2 is 2.00 bits per heavy atom. The normalized spacial score (nSPS) is 36.8. The maximum atomic E-state index is 13.9. The second-order valence-electron chi connectivity index (χ2n) is 5.07. The Kier molecular flexibility index (Phi) is 4.30. The molecule has 1 rings (SSSR count). The van der Waals surface area contributed by atoms with Gasteiger partial charge in [0.25, 0.3) is 0 Å². The van der Waals surface area contributed by atoms with Crippen LogP contribution >= 0.6 is 0 Å². The predicted molar refractivity (Wildman–Crippen MR) is 58.7 cm³/mol. The van der Waals surface area contributed by atoms with Crippen molar-refractivity contribution in [3.05, 3.63) is 0 Å². The van der Waals surface area contributed by atoms with Gasteiger partial charge in [0.15, 0.2) is 0 Å². The summed E-state index contributed by atoms with van der Waals surface area (Å²) in [5.41, 5.74) is -1.54. The summed E-state index contributed by atoms with van der Waals surface area (Å²) in [4.78, 5) is 11.3. The molecular formula is C12H21FO3. The molecular weight excluding hydrogens is 211 g/mol. The van der Waals surface area contributed by atoms with E-state index in [0.717, 1.165) is 6.42 Å². The molecule has 0 heterocycles. The van der Waals surface area contributed by atoms with Crippen molar-refractivity contribution in [3.63, 3.8) is 0 Å². The number of aliphatic hydroxyl groups is 1. The SMILES string of the molecule is CCOC(=O)C(F)C1(O)CC(C)CC(C)C1. The first-order valence-corrected chi connectivity index (χ1v) is 5.92. The summed E-state index contributed by atoms with van der Waals surface area (Å²) >= 11 is 0. The van der Waals surface area contributed by atoms with E-state index in [4.69, 9.17) is 0 Å². The van der Waals surface area contributed by atoms with Crippen molar-refractivity contribution in [1.82, 2.24) is 0 Å². The molecule has 1 N–H and O–H groups in total. The zero-order chi connectivity index (χ0) is 12.3. The van der Waals surface area contributed by atoms with Crippen LogP contribution in [0.3, 0.4) is 0 Å². The van der Waals surface area contributed by atoms with Gasteiger partial charge < -0.3 is 9.84 Å². The summed E-state index contributed by atoms with van der Waals surface area (Å²) in [5.74, 6) is -0.464. The van der Waals surface area contributed by atoms with E-state index in [9.17, 15) is 14.3 Å². The van der Waals surface area contributed by atoms with Crippen molar-refractivity contribution < 1.29 is 19.0 Å². The third-order valence-electron chi connectivity index (χ3n) is 3.17. The van der Waals surface area contributed by atoms with E-state index < -0.39 is 17.7 Å². The van der Waals surface area contributed by atoms with Gasteiger partial charge in [-0.05, 0) is 38.0 Å². The number of rotatable bonds is 3. The number of ether oxygens (including phenoxy) is 1. The largest absolute Gasteiger partial charge is 0.464 e. The van der Waals surface area contributed by atoms with Crippen LogP contribution in [0.15, 0.2) is 0 Å². The Morgan fingerprint density at radius 3 is 2.44 bits per heavy atom. The van der Waals surface area contributed by atoms with E-state index in [1.165, 1.54) is 0 Å². The number of esters is 1. The van der Waals surface area contributed by atoms with Crippen molar-refractivity contribution in [3.8, 4) is 0 Å². The van der Waals surface area contributed by atoms with Gasteiger partial charge in [-0.15, -0.1) is 0 Å². The van der Waals surface area contributed by atoms with Gasteiger partial charge in [-0.2, -0.15) is 0 Å². The minimum atomic E-state index is -1.92. The van der Waals surface area contributed by atoms with Gasteiger partial charge in [-0.1, -0.05) is 13.8 Å². The van der Waals surface area contributed by atoms with Crippen LogP contribution in [0.5, 0.6) is 0 Å². The molecule has 0 spiro atoms. The third kappa shape index (κ3) is 2.94. The Bertz CT molecular complexity index is 245. The van der Waals surface area contributed by atoms with Gasteiger partial charge in [0.2, 0.25) is 6.17 Å². The van der Waals surface area contributed by atoms with Crippen LogP contribution < -0.4 is 0 Å². The average molecular weight is 232 g/mol. The van der Waals surface area contributed by atoms with E-state index in [0.29, 0.717) is 12.8 Å². The molecule has 1 saturated carbocycles. The van der Waals surface area contributed by atoms with E-state index >= 15 is 0 Å². The molecule has 3 unspecified atom stereocenters. The molecule has 0 bridgehead atoms. The summed E-state index contributed by atoms with van der Waals surface area (Å²) in [5, 5.41) is 10.2. The van der Waals surface area contributed by atoms with Gasteiger partial charge in [0.1, 0.15) is 5.60 Å². The summed E-state index contributed by atoms with van der Waals surface area (Å²) in [7, 11) is 0. The molecule has 0 aromatic carbocycles. The molecule has 4 heteroatoms. The minimum Gasteiger partial charge on any atom is -0.464 e. The van der Waals surface area contributed by atoms with Gasteiger partial charge in [0.05, 0.1) is 6.61 Å². The first kappa shape index (κ1) is 13.4. The van der Waals surface area contributed by atoms with Gasteiger partial charge in [0, 0.05) is 0 Å². The highest BCUT2D eigenvalue weighted by atomic mass is 19.1. The smallest absolute Gasteiger partial charge is 0.343 e. The Morgan fingerprint density at radius 1 is 1.50 bits per heavy atom. The van der Waals surface area contributed by atoms with Crippen molar-refractivity contribution in [2.45, 2.75) is 51.8 Å². The number of carbonyl (C=O) groups is 1. The lowest BCUT2D eigenvalue weighted by atomic mass is 9.71. The standard InChI is InChI=1S/C12H21FO3/c1-4-16-11(14)10(13)12(15)6-8(2)5-9(3)7-12/h8-10,15H,4-7H2,1-3H3. The summed E-state index contributed by atoms with van der Waals surface area (Å²) in [6.45, 7) is 5.71. The van der Waals surface area contributed by atoms with Crippen LogP contribution in [0, 0.1) is 11.8 Å². The molecule has 0 saturated heterocycles. The maximum absolute atomic E-state index is 13.9. The highest BCUT2D eigenvalue weighted by molar-refractivity contribution is 5.76. The quantitative estimate of drug-likeness (QED) is 0.758. The number of hydrogen-bond acceptors (Lipinski definition) is 3. The molecule has 0 aromatic rings. The molecule has 1 fully saturated rings. The maximum Gasteiger partial charge on any atom is 0.343 e. The number of carbonyl (C=O) groups excluding carboxylic acids is 1. The van der Waals surface area contributed by atoms with E-state index in [1.54, 1.807) is 6.92 Å². The third-order valence-corrected chi connectivity index (χ3v) is 3.17. The monoisotopic (exact) mass is 232 g/mol. The summed E-state index contributed by atoms with van der Waals surface area (Å²) in [6.07, 6.45) is -0.287. The summed E-state index contributed by atoms with van der Waals surface area (Å²) in [6, 6.07) is 0. The van der Waals surface area contributed by atoms with Gasteiger partial charge >= 0.3 is 5.97 Å². The Hall–Kier alpha value is -0.640. The fourth-order valence-corrected chi connectivity index (χ4v) is 2.79. The second-order valence-corrected chi connectivity index (χ2v) is 5.07. The van der Waals surface area contributed by atoms with Crippen molar-refractivity contribution in [1.29, 1.82) is 0 Å². The molecule has 94 valence electrons. The zero-order valence-electron chi connectivity index (χ0n) is 10.2. The molecule has 0 amide bonds. The van der Waals surface area contributed by atoms with Crippen LogP contribution in [0.1, 0.15) is 40.0 Å². The lowest BCUT2D eigenvalue weighted by molar-refractivity contribution is -0.166. The van der Waals surface area contributed by atoms with Gasteiger partial charge in [-0.25, -0.2) is 9.18 Å². The van der Waals surface area contributed by atoms with E-state index in [-0.39, 0.29) is 18.4 Å². The molecule has 1 aliphatic rings. The highest BCUT2D eigenvalue weighted by Gasteiger charge is 2.47. The molecule has 0 aromatic heterocycles. The lowest BCUT2D eigenvalue weighted by Crippen LogP contribution is -2.49. The highest BCUT2D eigenvalue weighted by Crippen LogP contribution is 2.39. The van der Waals surface area contributed by atoms with Crippen molar-refractivity contribution >= 4 is 5.97 Å². The lowest BCUT2D eigenvalue weighted by Gasteiger charge is -2.39. The van der Waals surface area contributed by atoms with Crippen LogP contribution in [-0.2, 0) is 9.53 Å².